The zero-order valence-electron chi connectivity index (χ0n) is 16.5. The van der Waals surface area contributed by atoms with Crippen LogP contribution in [0.5, 0.6) is 0 Å². The van der Waals surface area contributed by atoms with Crippen molar-refractivity contribution in [1.82, 2.24) is 30.2 Å². The maximum atomic E-state index is 12.8. The largest absolute Gasteiger partial charge is 0.435 e. The number of amides is 1. The van der Waals surface area contributed by atoms with Crippen molar-refractivity contribution in [2.24, 2.45) is 7.05 Å². The second kappa shape index (κ2) is 6.92. The molecule has 8 nitrogen and oxygen atoms in total. The van der Waals surface area contributed by atoms with Gasteiger partial charge in [0.15, 0.2) is 11.5 Å². The molecule has 0 unspecified atom stereocenters. The van der Waals surface area contributed by atoms with Crippen LogP contribution in [0.2, 0.25) is 0 Å². The Morgan fingerprint density at radius 3 is 2.63 bits per heavy atom. The van der Waals surface area contributed by atoms with Crippen LogP contribution in [0.15, 0.2) is 28.9 Å². The summed E-state index contributed by atoms with van der Waals surface area (Å²) in [6, 6.07) is 4.35. The molecule has 1 amide bonds. The number of nitrogens with one attached hydrogen (secondary N) is 1. The molecule has 1 aliphatic rings. The molecule has 0 bridgehead atoms. The fourth-order valence-corrected chi connectivity index (χ4v) is 3.00. The summed E-state index contributed by atoms with van der Waals surface area (Å²) in [6.07, 6.45) is -0.748. The molecule has 1 fully saturated rings. The van der Waals surface area contributed by atoms with E-state index in [1.165, 1.54) is 7.05 Å². The molecular formula is C19H19F3N6O2. The molecule has 0 spiro atoms. The number of carbonyl (C=O) groups is 1. The van der Waals surface area contributed by atoms with Gasteiger partial charge in [-0.05, 0) is 38.8 Å². The normalized spacial score (nSPS) is 14.7. The molecule has 0 radical (unpaired) electrons. The lowest BCUT2D eigenvalue weighted by molar-refractivity contribution is -0.141. The molecule has 4 rings (SSSR count). The SMILES string of the molecule is Cn1nc(C(F)(F)F)cc1C(=O)NC(C)(C)c1noc(-c2ccnc(C3CC3)c2)n1. The van der Waals surface area contributed by atoms with Gasteiger partial charge in [-0.1, -0.05) is 5.16 Å². The van der Waals surface area contributed by atoms with Crippen molar-refractivity contribution in [3.05, 3.63) is 47.3 Å². The van der Waals surface area contributed by atoms with Crippen LogP contribution in [0.1, 0.15) is 60.3 Å². The van der Waals surface area contributed by atoms with Crippen LogP contribution in [0.4, 0.5) is 13.2 Å². The highest BCUT2D eigenvalue weighted by Gasteiger charge is 2.37. The molecule has 1 N–H and O–H groups in total. The third kappa shape index (κ3) is 3.91. The Kier molecular flexibility index (Phi) is 4.63. The summed E-state index contributed by atoms with van der Waals surface area (Å²) < 4.78 is 44.8. The van der Waals surface area contributed by atoms with Gasteiger partial charge >= 0.3 is 6.18 Å². The van der Waals surface area contributed by atoms with E-state index in [1.54, 1.807) is 26.1 Å². The first-order valence-electron chi connectivity index (χ1n) is 9.29. The van der Waals surface area contributed by atoms with Gasteiger partial charge in [0.05, 0.1) is 5.54 Å². The van der Waals surface area contributed by atoms with Crippen LogP contribution in [-0.2, 0) is 18.8 Å². The summed E-state index contributed by atoms with van der Waals surface area (Å²) in [5, 5.41) is 9.93. The van der Waals surface area contributed by atoms with Gasteiger partial charge in [0.25, 0.3) is 11.8 Å². The summed E-state index contributed by atoms with van der Waals surface area (Å²) in [6.45, 7) is 3.26. The standard InChI is InChI=1S/C19H19F3N6O2/c1-18(2,25-15(29)13-9-14(19(20,21)22)26-28(13)3)17-24-16(30-27-17)11-6-7-23-12(8-11)10-4-5-10/h6-10H,4-5H2,1-3H3,(H,25,29). The zero-order chi connectivity index (χ0) is 21.7. The predicted molar refractivity (Wildman–Crippen MR) is 98.2 cm³/mol. The Bertz CT molecular complexity index is 1100. The molecule has 0 saturated heterocycles. The minimum atomic E-state index is -4.64. The number of hydrogen-bond acceptors (Lipinski definition) is 6. The number of alkyl halides is 3. The molecule has 158 valence electrons. The molecule has 1 saturated carbocycles. The monoisotopic (exact) mass is 420 g/mol. The molecule has 3 aromatic heterocycles. The Balaban J connectivity index is 1.54. The van der Waals surface area contributed by atoms with Crippen LogP contribution < -0.4 is 5.32 Å². The summed E-state index contributed by atoms with van der Waals surface area (Å²) in [5.74, 6) is 0.186. The highest BCUT2D eigenvalue weighted by atomic mass is 19.4. The molecular weight excluding hydrogens is 401 g/mol. The summed E-state index contributed by atoms with van der Waals surface area (Å²) in [4.78, 5) is 21.3. The summed E-state index contributed by atoms with van der Waals surface area (Å²) in [5.41, 5.74) is -0.791. The fraction of sp³-hybridized carbons (Fsp3) is 0.421. The molecule has 0 aromatic carbocycles. The van der Waals surface area contributed by atoms with Gasteiger partial charge < -0.3 is 9.84 Å². The van der Waals surface area contributed by atoms with Gasteiger partial charge in [0, 0.05) is 36.5 Å². The number of pyridine rings is 1. The number of hydrogen-bond donors (Lipinski definition) is 1. The Hall–Kier alpha value is -3.24. The van der Waals surface area contributed by atoms with E-state index in [4.69, 9.17) is 4.52 Å². The van der Waals surface area contributed by atoms with Gasteiger partial charge in [-0.3, -0.25) is 14.5 Å². The minimum Gasteiger partial charge on any atom is -0.338 e. The number of aromatic nitrogens is 5. The lowest BCUT2D eigenvalue weighted by atomic mass is 10.0. The van der Waals surface area contributed by atoms with E-state index in [0.717, 1.165) is 23.2 Å². The molecule has 0 aliphatic heterocycles. The van der Waals surface area contributed by atoms with E-state index < -0.39 is 23.3 Å². The number of aryl methyl sites for hydroxylation is 1. The topological polar surface area (TPSA) is 98.7 Å². The van der Waals surface area contributed by atoms with Crippen LogP contribution in [0, 0.1) is 0 Å². The molecule has 30 heavy (non-hydrogen) atoms. The molecule has 3 heterocycles. The number of nitrogens with zero attached hydrogens (tertiary/aromatic N) is 5. The minimum absolute atomic E-state index is 0.189. The second-order valence-electron chi connectivity index (χ2n) is 7.78. The van der Waals surface area contributed by atoms with Crippen LogP contribution in [0.25, 0.3) is 11.5 Å². The third-order valence-corrected chi connectivity index (χ3v) is 4.84. The zero-order valence-corrected chi connectivity index (χ0v) is 16.5. The van der Waals surface area contributed by atoms with Crippen molar-refractivity contribution < 1.29 is 22.5 Å². The van der Waals surface area contributed by atoms with Crippen molar-refractivity contribution in [1.29, 1.82) is 0 Å². The van der Waals surface area contributed by atoms with Crippen LogP contribution in [-0.4, -0.2) is 30.8 Å². The summed E-state index contributed by atoms with van der Waals surface area (Å²) >= 11 is 0. The van der Waals surface area contributed by atoms with Crippen molar-refractivity contribution in [3.8, 4) is 11.5 Å². The van der Waals surface area contributed by atoms with E-state index in [2.05, 4.69) is 25.5 Å². The van der Waals surface area contributed by atoms with Crippen molar-refractivity contribution >= 4 is 5.91 Å². The maximum Gasteiger partial charge on any atom is 0.435 e. The van der Waals surface area contributed by atoms with Crippen molar-refractivity contribution in [2.75, 3.05) is 0 Å². The van der Waals surface area contributed by atoms with Gasteiger partial charge in [-0.25, -0.2) is 0 Å². The van der Waals surface area contributed by atoms with Crippen LogP contribution in [0.3, 0.4) is 0 Å². The Morgan fingerprint density at radius 2 is 2.00 bits per heavy atom. The third-order valence-electron chi connectivity index (χ3n) is 4.84. The van der Waals surface area contributed by atoms with Gasteiger partial charge in [0.2, 0.25) is 0 Å². The Labute approximate surface area is 169 Å². The van der Waals surface area contributed by atoms with Crippen molar-refractivity contribution in [2.45, 2.75) is 44.3 Å². The fourth-order valence-electron chi connectivity index (χ4n) is 3.00. The first-order valence-corrected chi connectivity index (χ1v) is 9.29. The number of halogens is 3. The lowest BCUT2D eigenvalue weighted by Crippen LogP contribution is -2.42. The predicted octanol–water partition coefficient (Wildman–Crippen LogP) is 3.43. The first kappa shape index (κ1) is 20.0. The van der Waals surface area contributed by atoms with E-state index in [-0.39, 0.29) is 17.4 Å². The molecule has 0 atom stereocenters. The number of rotatable bonds is 5. The van der Waals surface area contributed by atoms with Crippen LogP contribution >= 0.6 is 0 Å². The van der Waals surface area contributed by atoms with Crippen molar-refractivity contribution in [3.63, 3.8) is 0 Å². The second-order valence-corrected chi connectivity index (χ2v) is 7.78. The first-order chi connectivity index (χ1) is 14.0. The lowest BCUT2D eigenvalue weighted by Gasteiger charge is -2.22. The van der Waals surface area contributed by atoms with Gasteiger partial charge in [0.1, 0.15) is 5.69 Å². The highest BCUT2D eigenvalue weighted by Crippen LogP contribution is 2.39. The van der Waals surface area contributed by atoms with E-state index >= 15 is 0 Å². The number of carbonyl (C=O) groups excluding carboxylic acids is 1. The molecule has 11 heteroatoms. The van der Waals surface area contributed by atoms with Gasteiger partial charge in [-0.2, -0.15) is 23.3 Å². The quantitative estimate of drug-likeness (QED) is 0.679. The Morgan fingerprint density at radius 1 is 1.27 bits per heavy atom. The summed E-state index contributed by atoms with van der Waals surface area (Å²) in [7, 11) is 1.27. The average molecular weight is 420 g/mol. The highest BCUT2D eigenvalue weighted by molar-refractivity contribution is 5.93. The molecule has 3 aromatic rings. The smallest absolute Gasteiger partial charge is 0.338 e. The van der Waals surface area contributed by atoms with E-state index in [9.17, 15) is 18.0 Å². The molecule has 1 aliphatic carbocycles. The van der Waals surface area contributed by atoms with Gasteiger partial charge in [-0.15, -0.1) is 0 Å². The average Bonchev–Trinajstić information content (AvgIpc) is 3.23. The van der Waals surface area contributed by atoms with E-state index in [0.29, 0.717) is 17.5 Å². The maximum absolute atomic E-state index is 12.8. The van der Waals surface area contributed by atoms with E-state index in [1.807, 2.05) is 6.07 Å².